The fourth-order valence-electron chi connectivity index (χ4n) is 3.07. The number of thiazole rings is 1. The number of rotatable bonds is 7. The third-order valence-electron chi connectivity index (χ3n) is 4.64. The van der Waals surface area contributed by atoms with E-state index in [-0.39, 0.29) is 23.5 Å². The Morgan fingerprint density at radius 2 is 1.84 bits per heavy atom. The lowest BCUT2D eigenvalue weighted by Crippen LogP contribution is -2.32. The molecule has 164 valence electrons. The van der Waals surface area contributed by atoms with E-state index in [1.54, 1.807) is 18.2 Å². The van der Waals surface area contributed by atoms with E-state index in [1.807, 2.05) is 37.3 Å². The summed E-state index contributed by atoms with van der Waals surface area (Å²) >= 11 is 7.37. The van der Waals surface area contributed by atoms with Gasteiger partial charge in [0, 0.05) is 23.2 Å². The predicted molar refractivity (Wildman–Crippen MR) is 126 cm³/mol. The highest BCUT2D eigenvalue weighted by Crippen LogP contribution is 2.33. The van der Waals surface area contributed by atoms with E-state index in [2.05, 4.69) is 14.8 Å². The lowest BCUT2D eigenvalue weighted by atomic mass is 10.2. The molecule has 7 nitrogen and oxygen atoms in total. The molecule has 0 aliphatic rings. The second kappa shape index (κ2) is 9.33. The van der Waals surface area contributed by atoms with Crippen molar-refractivity contribution >= 4 is 33.0 Å². The van der Waals surface area contributed by atoms with Crippen LogP contribution in [0.25, 0.3) is 21.1 Å². The van der Waals surface area contributed by atoms with Gasteiger partial charge in [0.15, 0.2) is 0 Å². The number of hydrogen-bond acceptors (Lipinski definition) is 6. The van der Waals surface area contributed by atoms with Crippen LogP contribution in [-0.4, -0.2) is 29.7 Å². The Morgan fingerprint density at radius 3 is 2.59 bits per heavy atom. The van der Waals surface area contributed by atoms with E-state index < -0.39 is 10.0 Å². The van der Waals surface area contributed by atoms with E-state index in [0.29, 0.717) is 10.7 Å². The minimum atomic E-state index is -3.75. The lowest BCUT2D eigenvalue weighted by molar-refractivity contribution is 0.549. The fourth-order valence-corrected chi connectivity index (χ4v) is 5.43. The van der Waals surface area contributed by atoms with E-state index in [0.717, 1.165) is 21.1 Å². The summed E-state index contributed by atoms with van der Waals surface area (Å²) in [7, 11) is -3.75. The maximum absolute atomic E-state index is 12.4. The zero-order valence-corrected chi connectivity index (χ0v) is 19.4. The van der Waals surface area contributed by atoms with Crippen molar-refractivity contribution in [2.24, 2.45) is 0 Å². The van der Waals surface area contributed by atoms with Gasteiger partial charge in [0.25, 0.3) is 5.56 Å². The zero-order chi connectivity index (χ0) is 22.7. The van der Waals surface area contributed by atoms with E-state index in [9.17, 15) is 13.2 Å². The molecule has 4 aromatic rings. The van der Waals surface area contributed by atoms with Gasteiger partial charge in [0.2, 0.25) is 10.0 Å². The molecule has 0 radical (unpaired) electrons. The van der Waals surface area contributed by atoms with Crippen LogP contribution in [0, 0.1) is 6.92 Å². The van der Waals surface area contributed by atoms with Gasteiger partial charge in [-0.25, -0.2) is 22.8 Å². The van der Waals surface area contributed by atoms with Crippen LogP contribution in [0.2, 0.25) is 5.02 Å². The van der Waals surface area contributed by atoms with Crippen LogP contribution in [0.15, 0.2) is 76.4 Å². The molecule has 0 atom stereocenters. The molecule has 32 heavy (non-hydrogen) atoms. The predicted octanol–water partition coefficient (Wildman–Crippen LogP) is 3.97. The molecule has 2 aromatic carbocycles. The molecular weight excluding hydrogens is 468 g/mol. The van der Waals surface area contributed by atoms with Gasteiger partial charge < -0.3 is 0 Å². The molecule has 0 spiro atoms. The van der Waals surface area contributed by atoms with Gasteiger partial charge in [-0.3, -0.25) is 4.79 Å². The number of hydrogen-bond donors (Lipinski definition) is 1. The van der Waals surface area contributed by atoms with Crippen molar-refractivity contribution in [3.8, 4) is 21.1 Å². The molecule has 0 saturated carbocycles. The van der Waals surface area contributed by atoms with Crippen molar-refractivity contribution in [1.29, 1.82) is 0 Å². The van der Waals surface area contributed by atoms with Crippen LogP contribution in [-0.2, 0) is 16.6 Å². The number of aromatic nitrogens is 3. The molecule has 0 saturated heterocycles. The van der Waals surface area contributed by atoms with Crippen molar-refractivity contribution in [2.75, 3.05) is 6.54 Å². The Kier molecular flexibility index (Phi) is 6.52. The highest BCUT2D eigenvalue weighted by atomic mass is 35.5. The summed E-state index contributed by atoms with van der Waals surface area (Å²) in [6.07, 6.45) is 0. The average molecular weight is 487 g/mol. The lowest BCUT2D eigenvalue weighted by Gasteiger charge is -2.09. The van der Waals surface area contributed by atoms with E-state index in [1.165, 1.54) is 34.2 Å². The summed E-state index contributed by atoms with van der Waals surface area (Å²) in [5, 5.41) is 5.63. The largest absolute Gasteiger partial charge is 0.268 e. The standard InChI is InChI=1S/C22H19ClN4O3S2/c1-15-21(31-22(25-15)16-6-3-2-4-7-16)19-10-11-20(28)27(26-19)13-12-24-32(29,30)18-9-5-8-17(23)14-18/h2-11,14,24H,12-13H2,1H3. The molecule has 2 heterocycles. The SMILES string of the molecule is Cc1nc(-c2ccccc2)sc1-c1ccc(=O)n(CCNS(=O)(=O)c2cccc(Cl)c2)n1. The number of nitrogens with one attached hydrogen (secondary N) is 1. The molecular formula is C22H19ClN4O3S2. The van der Waals surface area contributed by atoms with Crippen molar-refractivity contribution in [1.82, 2.24) is 19.5 Å². The van der Waals surface area contributed by atoms with Crippen LogP contribution in [0.3, 0.4) is 0 Å². The summed E-state index contributed by atoms with van der Waals surface area (Å²) in [5.41, 5.74) is 2.12. The first-order chi connectivity index (χ1) is 15.3. The highest BCUT2D eigenvalue weighted by molar-refractivity contribution is 7.89. The first-order valence-electron chi connectivity index (χ1n) is 9.70. The maximum atomic E-state index is 12.4. The Hall–Kier alpha value is -2.85. The average Bonchev–Trinajstić information content (AvgIpc) is 3.17. The van der Waals surface area contributed by atoms with Crippen molar-refractivity contribution in [2.45, 2.75) is 18.4 Å². The number of sulfonamides is 1. The summed E-state index contributed by atoms with van der Waals surface area (Å²) in [6, 6.07) is 18.9. The number of aryl methyl sites for hydroxylation is 1. The smallest absolute Gasteiger partial charge is 0.266 e. The van der Waals surface area contributed by atoms with Crippen LogP contribution >= 0.6 is 22.9 Å². The summed E-state index contributed by atoms with van der Waals surface area (Å²) < 4.78 is 28.6. The van der Waals surface area contributed by atoms with Gasteiger partial charge >= 0.3 is 0 Å². The van der Waals surface area contributed by atoms with Crippen LogP contribution < -0.4 is 10.3 Å². The monoisotopic (exact) mass is 486 g/mol. The molecule has 0 aliphatic carbocycles. The Bertz CT molecular complexity index is 1420. The maximum Gasteiger partial charge on any atom is 0.266 e. The molecule has 0 fully saturated rings. The molecule has 1 N–H and O–H groups in total. The molecule has 0 unspecified atom stereocenters. The van der Waals surface area contributed by atoms with Crippen molar-refractivity contribution in [3.63, 3.8) is 0 Å². The van der Waals surface area contributed by atoms with Crippen LogP contribution in [0.4, 0.5) is 0 Å². The first-order valence-corrected chi connectivity index (χ1v) is 12.4. The van der Waals surface area contributed by atoms with Gasteiger partial charge in [-0.05, 0) is 31.2 Å². The minimum Gasteiger partial charge on any atom is -0.268 e. The molecule has 0 bridgehead atoms. The number of benzene rings is 2. The minimum absolute atomic E-state index is 0.00213. The fraction of sp³-hybridized carbons (Fsp3) is 0.136. The second-order valence-electron chi connectivity index (χ2n) is 6.93. The van der Waals surface area contributed by atoms with Gasteiger partial charge in [-0.15, -0.1) is 11.3 Å². The zero-order valence-electron chi connectivity index (χ0n) is 17.0. The summed E-state index contributed by atoms with van der Waals surface area (Å²) in [4.78, 5) is 17.8. The Morgan fingerprint density at radius 1 is 1.06 bits per heavy atom. The van der Waals surface area contributed by atoms with E-state index >= 15 is 0 Å². The molecule has 0 amide bonds. The second-order valence-corrected chi connectivity index (χ2v) is 10.1. The molecule has 4 rings (SSSR count). The van der Waals surface area contributed by atoms with Gasteiger partial charge in [0.1, 0.15) is 10.7 Å². The topological polar surface area (TPSA) is 94.0 Å². The first kappa shape index (κ1) is 22.3. The van der Waals surface area contributed by atoms with Gasteiger partial charge in [0.05, 0.1) is 22.0 Å². The number of nitrogens with zero attached hydrogens (tertiary/aromatic N) is 3. The third-order valence-corrected chi connectivity index (χ3v) is 7.56. The number of halogens is 1. The summed E-state index contributed by atoms with van der Waals surface area (Å²) in [5.74, 6) is 0. The Balaban J connectivity index is 1.53. The quantitative estimate of drug-likeness (QED) is 0.426. The third kappa shape index (κ3) is 4.97. The van der Waals surface area contributed by atoms with Crippen molar-refractivity contribution < 1.29 is 8.42 Å². The summed E-state index contributed by atoms with van der Waals surface area (Å²) in [6.45, 7) is 1.98. The normalized spacial score (nSPS) is 11.6. The van der Waals surface area contributed by atoms with Gasteiger partial charge in [-0.1, -0.05) is 48.0 Å². The highest BCUT2D eigenvalue weighted by Gasteiger charge is 2.16. The van der Waals surface area contributed by atoms with Crippen molar-refractivity contribution in [3.05, 3.63) is 87.8 Å². The molecule has 2 aromatic heterocycles. The van der Waals surface area contributed by atoms with Gasteiger partial charge in [-0.2, -0.15) is 5.10 Å². The van der Waals surface area contributed by atoms with E-state index in [4.69, 9.17) is 11.6 Å². The van der Waals surface area contributed by atoms with Crippen LogP contribution in [0.1, 0.15) is 5.69 Å². The van der Waals surface area contributed by atoms with Crippen LogP contribution in [0.5, 0.6) is 0 Å². The molecule has 0 aliphatic heterocycles. The Labute approximate surface area is 194 Å². The molecule has 10 heteroatoms.